The summed E-state index contributed by atoms with van der Waals surface area (Å²) in [5.41, 5.74) is -0.766. The minimum Gasteiger partial charge on any atom is -0.463 e. The molecule has 0 saturated carbocycles. The van der Waals surface area contributed by atoms with Crippen molar-refractivity contribution in [1.82, 2.24) is 21.3 Å². The fourth-order valence-electron chi connectivity index (χ4n) is 3.46. The van der Waals surface area contributed by atoms with Gasteiger partial charge in [0.05, 0.1) is 13.2 Å². The number of alkyl carbamates (subject to hydrolysis) is 1. The van der Waals surface area contributed by atoms with Gasteiger partial charge in [0.1, 0.15) is 17.7 Å². The summed E-state index contributed by atoms with van der Waals surface area (Å²) in [5, 5.41) is 20.1. The average molecular weight is 513 g/mol. The van der Waals surface area contributed by atoms with E-state index >= 15 is 0 Å². The fraction of sp³-hybridized carbons (Fsp3) is 0.708. The fourth-order valence-corrected chi connectivity index (χ4v) is 3.46. The molecule has 0 unspecified atom stereocenters. The van der Waals surface area contributed by atoms with E-state index in [0.717, 1.165) is 6.08 Å². The van der Waals surface area contributed by atoms with Gasteiger partial charge >= 0.3 is 12.1 Å². The first-order valence-electron chi connectivity index (χ1n) is 12.1. The van der Waals surface area contributed by atoms with Gasteiger partial charge in [0.15, 0.2) is 0 Å². The minimum absolute atomic E-state index is 0.154. The number of carbonyl (C=O) groups is 5. The van der Waals surface area contributed by atoms with E-state index in [1.54, 1.807) is 41.5 Å². The van der Waals surface area contributed by atoms with E-state index in [2.05, 4.69) is 21.3 Å². The zero-order valence-corrected chi connectivity index (χ0v) is 21.9. The molecule has 1 aliphatic rings. The molecule has 1 rings (SSSR count). The van der Waals surface area contributed by atoms with Gasteiger partial charge in [-0.05, 0) is 46.5 Å². The summed E-state index contributed by atoms with van der Waals surface area (Å²) >= 11 is 0. The van der Waals surface area contributed by atoms with E-state index in [9.17, 15) is 29.1 Å². The van der Waals surface area contributed by atoms with Gasteiger partial charge in [-0.15, -0.1) is 0 Å². The van der Waals surface area contributed by atoms with Crippen LogP contribution in [0.5, 0.6) is 0 Å². The van der Waals surface area contributed by atoms with Gasteiger partial charge in [-0.2, -0.15) is 0 Å². The number of aliphatic hydroxyl groups is 1. The van der Waals surface area contributed by atoms with Crippen molar-refractivity contribution < 1.29 is 38.6 Å². The highest BCUT2D eigenvalue weighted by Gasteiger charge is 2.32. The molecule has 204 valence electrons. The quantitative estimate of drug-likeness (QED) is 0.181. The number of rotatable bonds is 12. The Morgan fingerprint density at radius 1 is 1.14 bits per heavy atom. The van der Waals surface area contributed by atoms with Gasteiger partial charge in [-0.25, -0.2) is 9.59 Å². The van der Waals surface area contributed by atoms with Crippen LogP contribution in [0.1, 0.15) is 54.4 Å². The molecule has 4 atom stereocenters. The number of ether oxygens (including phenoxy) is 2. The number of hydrogen-bond acceptors (Lipinski definition) is 8. The summed E-state index contributed by atoms with van der Waals surface area (Å²) in [7, 11) is 0. The van der Waals surface area contributed by atoms with Crippen molar-refractivity contribution in [2.45, 2.75) is 78.1 Å². The predicted molar refractivity (Wildman–Crippen MR) is 130 cm³/mol. The van der Waals surface area contributed by atoms with Crippen LogP contribution in [0.15, 0.2) is 12.2 Å². The molecule has 0 aromatic heterocycles. The van der Waals surface area contributed by atoms with Crippen LogP contribution in [0, 0.1) is 11.8 Å². The highest BCUT2D eigenvalue weighted by atomic mass is 16.6. The standard InChI is InChI=1S/C24H40N4O8/c1-7-35-18(30)9-8-16(12-15-10-11-25-20(15)31)26-21(32)17(13-29)27-22(33)19(14(2)3)28-23(34)36-24(4,5)6/h8-9,14-17,19,29H,7,10-13H2,1-6H3,(H,25,31)(H,26,32)(H,27,33)(H,28,34)/b9-8+/t15-,16+,17-,19-/m0/s1. The maximum absolute atomic E-state index is 12.9. The molecular formula is C24H40N4O8. The first-order valence-corrected chi connectivity index (χ1v) is 12.1. The van der Waals surface area contributed by atoms with Crippen molar-refractivity contribution in [3.8, 4) is 0 Å². The van der Waals surface area contributed by atoms with Crippen molar-refractivity contribution in [2.24, 2.45) is 11.8 Å². The van der Waals surface area contributed by atoms with Gasteiger partial charge in [-0.3, -0.25) is 14.4 Å². The maximum Gasteiger partial charge on any atom is 0.408 e. The summed E-state index contributed by atoms with van der Waals surface area (Å²) in [6.07, 6.45) is 2.58. The van der Waals surface area contributed by atoms with Crippen molar-refractivity contribution in [3.63, 3.8) is 0 Å². The van der Waals surface area contributed by atoms with E-state index in [4.69, 9.17) is 9.47 Å². The molecule has 12 nitrogen and oxygen atoms in total. The van der Waals surface area contributed by atoms with Crippen molar-refractivity contribution in [1.29, 1.82) is 0 Å². The van der Waals surface area contributed by atoms with Crippen molar-refractivity contribution in [2.75, 3.05) is 19.8 Å². The summed E-state index contributed by atoms with van der Waals surface area (Å²) in [6.45, 7) is 10.1. The van der Waals surface area contributed by atoms with Crippen LogP contribution < -0.4 is 21.3 Å². The zero-order chi connectivity index (χ0) is 27.5. The number of aliphatic hydroxyl groups excluding tert-OH is 1. The Bertz CT molecular complexity index is 821. The number of hydrogen-bond donors (Lipinski definition) is 5. The first kappa shape index (κ1) is 30.9. The van der Waals surface area contributed by atoms with E-state index in [0.29, 0.717) is 13.0 Å². The molecule has 36 heavy (non-hydrogen) atoms. The Morgan fingerprint density at radius 3 is 2.31 bits per heavy atom. The average Bonchev–Trinajstić information content (AvgIpc) is 3.16. The molecule has 1 fully saturated rings. The van der Waals surface area contributed by atoms with Crippen molar-refractivity contribution >= 4 is 29.8 Å². The molecule has 1 heterocycles. The molecule has 12 heteroatoms. The lowest BCUT2D eigenvalue weighted by Gasteiger charge is -2.27. The summed E-state index contributed by atoms with van der Waals surface area (Å²) in [5.74, 6) is -2.87. The van der Waals surface area contributed by atoms with E-state index in [1.165, 1.54) is 6.08 Å². The lowest BCUT2D eigenvalue weighted by atomic mass is 9.97. The van der Waals surface area contributed by atoms with Gasteiger partial charge in [0.25, 0.3) is 0 Å². The lowest BCUT2D eigenvalue weighted by molar-refractivity contribution is -0.137. The molecule has 0 radical (unpaired) electrons. The van der Waals surface area contributed by atoms with Crippen LogP contribution in [-0.4, -0.2) is 78.4 Å². The number of nitrogens with one attached hydrogen (secondary N) is 4. The summed E-state index contributed by atoms with van der Waals surface area (Å²) < 4.78 is 10.1. The Morgan fingerprint density at radius 2 is 1.81 bits per heavy atom. The Hall–Kier alpha value is -3.15. The van der Waals surface area contributed by atoms with E-state index in [-0.39, 0.29) is 30.8 Å². The summed E-state index contributed by atoms with van der Waals surface area (Å²) in [6, 6.07) is -3.10. The normalized spacial score (nSPS) is 18.2. The Balaban J connectivity index is 2.91. The monoisotopic (exact) mass is 512 g/mol. The first-order chi connectivity index (χ1) is 16.8. The van der Waals surface area contributed by atoms with Crippen LogP contribution in [0.4, 0.5) is 4.79 Å². The van der Waals surface area contributed by atoms with Crippen LogP contribution in [0.3, 0.4) is 0 Å². The number of esters is 1. The van der Waals surface area contributed by atoms with Crippen LogP contribution in [0.2, 0.25) is 0 Å². The molecular weight excluding hydrogens is 472 g/mol. The van der Waals surface area contributed by atoms with Gasteiger partial charge in [0.2, 0.25) is 17.7 Å². The second-order valence-electron chi connectivity index (χ2n) is 9.85. The molecule has 4 amide bonds. The molecule has 0 aromatic carbocycles. The molecule has 1 aliphatic heterocycles. The molecule has 1 saturated heterocycles. The third-order valence-corrected chi connectivity index (χ3v) is 5.22. The molecule has 0 spiro atoms. The predicted octanol–water partition coefficient (Wildman–Crippen LogP) is 0.143. The van der Waals surface area contributed by atoms with Gasteiger partial charge < -0.3 is 35.8 Å². The number of carbonyl (C=O) groups excluding carboxylic acids is 5. The highest BCUT2D eigenvalue weighted by molar-refractivity contribution is 5.92. The topological polar surface area (TPSA) is 172 Å². The zero-order valence-electron chi connectivity index (χ0n) is 21.9. The van der Waals surface area contributed by atoms with Gasteiger partial charge in [0, 0.05) is 24.6 Å². The second kappa shape index (κ2) is 14.4. The van der Waals surface area contributed by atoms with Gasteiger partial charge in [-0.1, -0.05) is 19.9 Å². The summed E-state index contributed by atoms with van der Waals surface area (Å²) in [4.78, 5) is 61.7. The Labute approximate surface area is 211 Å². The third kappa shape index (κ3) is 11.1. The van der Waals surface area contributed by atoms with E-state index in [1.807, 2.05) is 0 Å². The maximum atomic E-state index is 12.9. The molecule has 5 N–H and O–H groups in total. The lowest BCUT2D eigenvalue weighted by Crippen LogP contribution is -2.57. The molecule has 0 aromatic rings. The smallest absolute Gasteiger partial charge is 0.408 e. The molecule has 0 aliphatic carbocycles. The largest absolute Gasteiger partial charge is 0.463 e. The number of amides is 4. The minimum atomic E-state index is -1.34. The van der Waals surface area contributed by atoms with Crippen LogP contribution in [-0.2, 0) is 28.7 Å². The van der Waals surface area contributed by atoms with Crippen LogP contribution >= 0.6 is 0 Å². The highest BCUT2D eigenvalue weighted by Crippen LogP contribution is 2.17. The SMILES string of the molecule is CCOC(=O)/C=C/[C@H](C[C@@H]1CCNC1=O)NC(=O)[C@H](CO)NC(=O)[C@@H](NC(=O)OC(C)(C)C)C(C)C. The third-order valence-electron chi connectivity index (χ3n) is 5.22. The molecule has 0 bridgehead atoms. The second-order valence-corrected chi connectivity index (χ2v) is 9.85. The van der Waals surface area contributed by atoms with Crippen molar-refractivity contribution in [3.05, 3.63) is 12.2 Å². The van der Waals surface area contributed by atoms with E-state index < -0.39 is 54.2 Å². The van der Waals surface area contributed by atoms with Crippen LogP contribution in [0.25, 0.3) is 0 Å². The Kier molecular flexibility index (Phi) is 12.4.